The van der Waals surface area contributed by atoms with E-state index in [4.69, 9.17) is 24.9 Å². The number of rotatable bonds is 23. The van der Waals surface area contributed by atoms with Crippen LogP contribution in [0.25, 0.3) is 11.0 Å². The number of amides is 2. The minimum absolute atomic E-state index is 0.0208. The summed E-state index contributed by atoms with van der Waals surface area (Å²) in [6.45, 7) is 22.3. The SMILES string of the molecule is COc1cc(N2CCN(C(C)C)CC2)ccc1Nc1nc(Nc2ccccc2P(C)(C)=O)c2cn[nH]c2n1.COc1cc(P(C)(C)=O)ccc1Nc1ncc(C(F)(F)F)c(NC2CCCCNC2=O)n1.COc1cc(P(C)(C)=O)ccc1Nc1ncc(C(N)=O)c(Nc2ccccc2S(=O)(=O)C(C)C)n1. The Hall–Kier alpha value is -9.86. The summed E-state index contributed by atoms with van der Waals surface area (Å²) < 4.78 is 120. The van der Waals surface area contributed by atoms with Crippen LogP contribution in [-0.4, -0.2) is 177 Å². The van der Waals surface area contributed by atoms with E-state index in [9.17, 15) is 44.9 Å². The first-order valence-corrected chi connectivity index (χ1v) is 42.7. The summed E-state index contributed by atoms with van der Waals surface area (Å²) in [6.07, 6.45) is 0.715. The number of carbonyl (C=O) groups excluding carboxylic acids is 2. The van der Waals surface area contributed by atoms with Gasteiger partial charge in [0.25, 0.3) is 5.91 Å². The van der Waals surface area contributed by atoms with E-state index in [0.717, 1.165) is 60.4 Å². The molecule has 9 aromatic rings. The van der Waals surface area contributed by atoms with Crippen LogP contribution in [0.2, 0.25) is 0 Å². The number of halogens is 3. The molecular formula is C70H88F3N18O10P3S. The quantitative estimate of drug-likeness (QED) is 0.0269. The van der Waals surface area contributed by atoms with Gasteiger partial charge in [0.2, 0.25) is 23.8 Å². The molecule has 0 radical (unpaired) electrons. The van der Waals surface area contributed by atoms with Gasteiger partial charge in [-0.05, 0) is 160 Å². The average Bonchev–Trinajstić information content (AvgIpc) is 1.78. The average molecular weight is 1520 g/mol. The molecule has 560 valence electrons. The van der Waals surface area contributed by atoms with Crippen LogP contribution < -0.4 is 78.0 Å². The maximum Gasteiger partial charge on any atom is 0.421 e. The third-order valence-electron chi connectivity index (χ3n) is 17.1. The number of piperazine rings is 1. The molecule has 10 N–H and O–H groups in total. The molecule has 2 fully saturated rings. The van der Waals surface area contributed by atoms with Gasteiger partial charge in [-0.1, -0.05) is 24.3 Å². The fourth-order valence-electron chi connectivity index (χ4n) is 11.2. The first-order chi connectivity index (χ1) is 49.5. The highest BCUT2D eigenvalue weighted by atomic mass is 32.2. The molecule has 5 aromatic carbocycles. The fourth-order valence-corrected chi connectivity index (χ4v) is 15.2. The van der Waals surface area contributed by atoms with Crippen molar-refractivity contribution in [1.82, 2.24) is 50.3 Å². The van der Waals surface area contributed by atoms with E-state index in [0.29, 0.717) is 88.3 Å². The highest BCUT2D eigenvalue weighted by molar-refractivity contribution is 7.92. The summed E-state index contributed by atoms with van der Waals surface area (Å²) in [5, 5.41) is 29.9. The fraction of sp³-hybridized carbons (Fsp3) is 0.357. The van der Waals surface area contributed by atoms with E-state index < -0.39 is 66.0 Å². The van der Waals surface area contributed by atoms with Crippen molar-refractivity contribution in [1.29, 1.82) is 0 Å². The van der Waals surface area contributed by atoms with Crippen molar-refractivity contribution in [2.45, 2.75) is 75.4 Å². The Morgan fingerprint density at radius 2 is 1.15 bits per heavy atom. The summed E-state index contributed by atoms with van der Waals surface area (Å²) in [6, 6.07) is 29.7. The highest BCUT2D eigenvalue weighted by Crippen LogP contribution is 2.43. The van der Waals surface area contributed by atoms with Gasteiger partial charge in [-0.15, -0.1) is 0 Å². The molecule has 0 aliphatic carbocycles. The monoisotopic (exact) mass is 1520 g/mol. The maximum atomic E-state index is 13.5. The molecule has 0 spiro atoms. The van der Waals surface area contributed by atoms with Gasteiger partial charge >= 0.3 is 6.18 Å². The molecule has 0 saturated carbocycles. The zero-order valence-corrected chi connectivity index (χ0v) is 64.0. The number of aromatic amines is 1. The van der Waals surface area contributed by atoms with E-state index in [2.05, 4.69) is 108 Å². The predicted molar refractivity (Wildman–Crippen MR) is 410 cm³/mol. The number of H-pyrrole nitrogens is 1. The van der Waals surface area contributed by atoms with E-state index in [-0.39, 0.29) is 39.8 Å². The number of benzene rings is 5. The zero-order valence-electron chi connectivity index (χ0n) is 60.5. The van der Waals surface area contributed by atoms with E-state index in [1.165, 1.54) is 26.5 Å². The van der Waals surface area contributed by atoms with Gasteiger partial charge in [0.15, 0.2) is 15.5 Å². The lowest BCUT2D eigenvalue weighted by atomic mass is 10.1. The molecule has 105 heavy (non-hydrogen) atoms. The number of nitrogens with zero attached hydrogens (tertiary/aromatic N) is 9. The second-order valence-electron chi connectivity index (χ2n) is 26.3. The van der Waals surface area contributed by atoms with Crippen LogP contribution in [-0.2, 0) is 34.5 Å². The Kier molecular flexibility index (Phi) is 25.3. The predicted octanol–water partition coefficient (Wildman–Crippen LogP) is 11.7. The second kappa shape index (κ2) is 33.5. The molecule has 1 unspecified atom stereocenters. The Bertz CT molecular complexity index is 4890. The van der Waals surface area contributed by atoms with Crippen LogP contribution in [0.15, 0.2) is 127 Å². The van der Waals surface area contributed by atoms with Gasteiger partial charge in [-0.25, -0.2) is 18.4 Å². The number of aromatic nitrogens is 8. The minimum atomic E-state index is -4.70. The lowest BCUT2D eigenvalue weighted by Gasteiger charge is -2.38. The zero-order chi connectivity index (χ0) is 76.3. The molecule has 4 aromatic heterocycles. The Morgan fingerprint density at radius 1 is 0.619 bits per heavy atom. The van der Waals surface area contributed by atoms with Crippen molar-refractivity contribution in [3.05, 3.63) is 133 Å². The Morgan fingerprint density at radius 3 is 1.71 bits per heavy atom. The number of sulfone groups is 1. The number of methoxy groups -OCH3 is 3. The molecule has 28 nitrogen and oxygen atoms in total. The number of hydrogen-bond donors (Lipinski definition) is 9. The Labute approximate surface area is 607 Å². The summed E-state index contributed by atoms with van der Waals surface area (Å²) in [5.41, 5.74) is 8.77. The molecule has 35 heteroatoms. The normalized spacial score (nSPS) is 14.6. The van der Waals surface area contributed by atoms with E-state index in [1.807, 2.05) is 30.3 Å². The van der Waals surface area contributed by atoms with Crippen LogP contribution >= 0.6 is 21.4 Å². The van der Waals surface area contributed by atoms with Gasteiger partial charge in [-0.2, -0.15) is 38.2 Å². The number of fused-ring (bicyclic) bond motifs is 1. The van der Waals surface area contributed by atoms with Crippen LogP contribution in [0.4, 0.5) is 82.6 Å². The van der Waals surface area contributed by atoms with Gasteiger partial charge in [0.05, 0.1) is 71.5 Å². The molecule has 6 heterocycles. The van der Waals surface area contributed by atoms with Crippen LogP contribution in [0.5, 0.6) is 17.2 Å². The van der Waals surface area contributed by atoms with Crippen molar-refractivity contribution in [2.24, 2.45) is 5.73 Å². The minimum Gasteiger partial charge on any atom is -0.495 e. The molecule has 2 amide bonds. The standard InChI is InChI=1S/C27H35N8O2P.C23H28N5O5PS.C20H25F3N5O3P/c1-18(2)34-12-14-35(15-13-34)19-10-11-21(23(16-19)37-3)30-27-31-25(20-17-28-33-26(20)32-27)29-22-8-6-7-9-24(22)38(4,5)36;1-14(2)35(31,32)20-9-7-6-8-18(20)26-22-16(21(24)29)13-25-23(28-22)27-17-11-10-15(34(4,5)30)12-19(17)33-3;1-31-16-10-12(32(2,3)30)7-8-14(16)27-19-25-11-13(20(21,22)23)17(28-19)26-15-6-4-5-9-24-18(15)29/h6-11,16-18H,12-15H2,1-5H3,(H3,28,29,30,31,32,33);6-14H,1-5H3,(H2,24,29)(H2,25,26,27,28);7-8,10-11,15H,4-6,9H2,1-3H3,(H,24,29)(H2,25,26,27,28). The number of anilines is 12. The topological polar surface area (TPSA) is 370 Å². The first kappa shape index (κ1) is 79.3. The van der Waals surface area contributed by atoms with Crippen LogP contribution in [0.3, 0.4) is 0 Å². The number of alkyl halides is 3. The van der Waals surface area contributed by atoms with E-state index in [1.54, 1.807) is 122 Å². The molecule has 11 rings (SSSR count). The van der Waals surface area contributed by atoms with Crippen molar-refractivity contribution < 1.29 is 59.1 Å². The molecular weight excluding hydrogens is 1430 g/mol. The van der Waals surface area contributed by atoms with Gasteiger partial charge in [0.1, 0.15) is 73.3 Å². The third kappa shape index (κ3) is 20.2. The Balaban J connectivity index is 0.000000183. The van der Waals surface area contributed by atoms with Crippen molar-refractivity contribution in [3.8, 4) is 17.2 Å². The number of para-hydroxylation sites is 2. The molecule has 2 aliphatic rings. The van der Waals surface area contributed by atoms with Gasteiger partial charge < -0.3 is 75.8 Å². The number of nitrogens with one attached hydrogen (secondary N) is 8. The largest absolute Gasteiger partial charge is 0.495 e. The smallest absolute Gasteiger partial charge is 0.421 e. The first-order valence-electron chi connectivity index (χ1n) is 33.4. The molecule has 2 aliphatic heterocycles. The summed E-state index contributed by atoms with van der Waals surface area (Å²) >= 11 is 0. The lowest BCUT2D eigenvalue weighted by molar-refractivity contribution is -0.137. The van der Waals surface area contributed by atoms with Crippen molar-refractivity contribution in [2.75, 3.05) is 131 Å². The third-order valence-corrected chi connectivity index (χ3v) is 23.9. The summed E-state index contributed by atoms with van der Waals surface area (Å²) in [7, 11) is -6.60. The highest BCUT2D eigenvalue weighted by Gasteiger charge is 2.37. The van der Waals surface area contributed by atoms with Gasteiger partial charge in [-0.3, -0.25) is 19.6 Å². The van der Waals surface area contributed by atoms with Crippen molar-refractivity contribution in [3.63, 3.8) is 0 Å². The molecule has 0 bridgehead atoms. The van der Waals surface area contributed by atoms with Crippen molar-refractivity contribution >= 4 is 139 Å². The number of primary amides is 1. The lowest BCUT2D eigenvalue weighted by Crippen LogP contribution is -2.48. The summed E-state index contributed by atoms with van der Waals surface area (Å²) in [5.74, 6) is 0.796. The van der Waals surface area contributed by atoms with Crippen LogP contribution in [0, 0.1) is 0 Å². The van der Waals surface area contributed by atoms with Gasteiger partial charge in [0, 0.05) is 78.8 Å². The van der Waals surface area contributed by atoms with Crippen LogP contribution in [0.1, 0.15) is 62.9 Å². The number of hydrogen-bond acceptors (Lipinski definition) is 25. The molecule has 2 saturated heterocycles. The number of nitrogens with two attached hydrogens (primary N) is 1. The molecule has 1 atom stereocenters. The summed E-state index contributed by atoms with van der Waals surface area (Å²) in [4.78, 5) is 54.8. The maximum absolute atomic E-state index is 13.5. The second-order valence-corrected chi connectivity index (χ2v) is 38.4. The van der Waals surface area contributed by atoms with E-state index >= 15 is 0 Å². The number of ether oxygens (including phenoxy) is 3. The number of carbonyl (C=O) groups is 2.